The highest BCUT2D eigenvalue weighted by Gasteiger charge is 2.54. The first-order valence-corrected chi connectivity index (χ1v) is 11.3. The average molecular weight is 430 g/mol. The van der Waals surface area contributed by atoms with Gasteiger partial charge in [0.15, 0.2) is 0 Å². The standard InChI is InChI=1S/C23H35N5O3/c1-4-18(3)15-25-20(29)16-27-17-28(19-9-7-6-8-10-19)23(21(27)30)11-13-26(14-12-23)22(31)24-5-2/h6-10,18H,4-5,11-17H2,1-3H3,(H,24,31)(H,25,29). The molecule has 8 nitrogen and oxygen atoms in total. The second-order valence-electron chi connectivity index (χ2n) is 8.58. The van der Waals surface area contributed by atoms with Crippen LogP contribution in [0.5, 0.6) is 0 Å². The normalized spacial score (nSPS) is 18.9. The third-order valence-electron chi connectivity index (χ3n) is 6.47. The molecule has 0 aliphatic carbocycles. The molecule has 1 atom stereocenters. The number of likely N-dealkylation sites (tertiary alicyclic amines) is 1. The molecule has 170 valence electrons. The fourth-order valence-electron chi connectivity index (χ4n) is 4.33. The third kappa shape index (κ3) is 4.94. The van der Waals surface area contributed by atoms with E-state index in [4.69, 9.17) is 0 Å². The molecule has 0 bridgehead atoms. The zero-order valence-corrected chi connectivity index (χ0v) is 18.9. The Bertz CT molecular complexity index is 777. The molecular weight excluding hydrogens is 394 g/mol. The summed E-state index contributed by atoms with van der Waals surface area (Å²) in [7, 11) is 0. The van der Waals surface area contributed by atoms with E-state index in [2.05, 4.69) is 29.4 Å². The quantitative estimate of drug-likeness (QED) is 0.695. The fourth-order valence-corrected chi connectivity index (χ4v) is 4.33. The van der Waals surface area contributed by atoms with E-state index in [-0.39, 0.29) is 24.4 Å². The Hall–Kier alpha value is -2.77. The van der Waals surface area contributed by atoms with E-state index in [1.165, 1.54) is 0 Å². The molecule has 0 saturated carbocycles. The van der Waals surface area contributed by atoms with Crippen LogP contribution in [-0.4, -0.2) is 72.6 Å². The van der Waals surface area contributed by atoms with Gasteiger partial charge in [0.1, 0.15) is 12.1 Å². The summed E-state index contributed by atoms with van der Waals surface area (Å²) in [5.74, 6) is 0.257. The second kappa shape index (κ2) is 10.0. The molecule has 2 aliphatic heterocycles. The summed E-state index contributed by atoms with van der Waals surface area (Å²) >= 11 is 0. The predicted molar refractivity (Wildman–Crippen MR) is 121 cm³/mol. The molecule has 0 radical (unpaired) electrons. The van der Waals surface area contributed by atoms with E-state index in [1.54, 1.807) is 9.80 Å². The minimum atomic E-state index is -0.721. The molecule has 2 saturated heterocycles. The van der Waals surface area contributed by atoms with Gasteiger partial charge in [-0.05, 0) is 37.8 Å². The highest BCUT2D eigenvalue weighted by atomic mass is 16.2. The van der Waals surface area contributed by atoms with Crippen molar-refractivity contribution in [1.29, 1.82) is 0 Å². The number of anilines is 1. The summed E-state index contributed by atoms with van der Waals surface area (Å²) in [4.78, 5) is 43.9. The number of amides is 4. The lowest BCUT2D eigenvalue weighted by molar-refractivity contribution is -0.137. The summed E-state index contributed by atoms with van der Waals surface area (Å²) in [5, 5.41) is 5.79. The Morgan fingerprint density at radius 1 is 1.10 bits per heavy atom. The van der Waals surface area contributed by atoms with Crippen LogP contribution in [0.15, 0.2) is 30.3 Å². The van der Waals surface area contributed by atoms with Crippen molar-refractivity contribution in [2.45, 2.75) is 45.6 Å². The van der Waals surface area contributed by atoms with E-state index >= 15 is 0 Å². The first-order chi connectivity index (χ1) is 14.9. The molecule has 2 aliphatic rings. The molecule has 1 unspecified atom stereocenters. The van der Waals surface area contributed by atoms with Gasteiger partial charge in [0.05, 0.1) is 6.67 Å². The van der Waals surface area contributed by atoms with Gasteiger partial charge in [0.25, 0.3) is 5.91 Å². The van der Waals surface area contributed by atoms with Gasteiger partial charge in [-0.15, -0.1) is 0 Å². The monoisotopic (exact) mass is 429 g/mol. The summed E-state index contributed by atoms with van der Waals surface area (Å²) in [6, 6.07) is 9.77. The van der Waals surface area contributed by atoms with Crippen LogP contribution in [0, 0.1) is 5.92 Å². The maximum absolute atomic E-state index is 13.6. The molecule has 31 heavy (non-hydrogen) atoms. The number of piperidine rings is 1. The second-order valence-corrected chi connectivity index (χ2v) is 8.58. The van der Waals surface area contributed by atoms with Gasteiger partial charge in [-0.3, -0.25) is 9.59 Å². The van der Waals surface area contributed by atoms with E-state index in [0.717, 1.165) is 12.1 Å². The summed E-state index contributed by atoms with van der Waals surface area (Å²) in [6.07, 6.45) is 2.08. The van der Waals surface area contributed by atoms with Gasteiger partial charge < -0.3 is 25.3 Å². The first kappa shape index (κ1) is 22.9. The van der Waals surface area contributed by atoms with Crippen molar-refractivity contribution in [1.82, 2.24) is 20.4 Å². The number of urea groups is 1. The lowest BCUT2D eigenvalue weighted by Crippen LogP contribution is -2.58. The number of benzene rings is 1. The van der Waals surface area contributed by atoms with Crippen LogP contribution < -0.4 is 15.5 Å². The Balaban J connectivity index is 1.75. The number of para-hydroxylation sites is 1. The molecule has 1 spiro atoms. The van der Waals surface area contributed by atoms with Crippen molar-refractivity contribution < 1.29 is 14.4 Å². The third-order valence-corrected chi connectivity index (χ3v) is 6.47. The number of carbonyl (C=O) groups is 3. The lowest BCUT2D eigenvalue weighted by Gasteiger charge is -2.43. The average Bonchev–Trinajstić information content (AvgIpc) is 3.04. The van der Waals surface area contributed by atoms with Crippen molar-refractivity contribution in [3.8, 4) is 0 Å². The van der Waals surface area contributed by atoms with E-state index in [1.807, 2.05) is 37.3 Å². The Morgan fingerprint density at radius 3 is 2.39 bits per heavy atom. The molecular formula is C23H35N5O3. The van der Waals surface area contributed by atoms with Gasteiger partial charge in [-0.2, -0.15) is 0 Å². The van der Waals surface area contributed by atoms with Crippen LogP contribution in [-0.2, 0) is 9.59 Å². The van der Waals surface area contributed by atoms with E-state index in [0.29, 0.717) is 51.6 Å². The van der Waals surface area contributed by atoms with Crippen LogP contribution in [0.3, 0.4) is 0 Å². The lowest BCUT2D eigenvalue weighted by atomic mass is 9.85. The number of nitrogens with zero attached hydrogens (tertiary/aromatic N) is 3. The van der Waals surface area contributed by atoms with Crippen LogP contribution in [0.1, 0.15) is 40.0 Å². The van der Waals surface area contributed by atoms with Crippen LogP contribution >= 0.6 is 0 Å². The minimum absolute atomic E-state index is 0.0226. The van der Waals surface area contributed by atoms with Crippen LogP contribution in [0.25, 0.3) is 0 Å². The number of carbonyl (C=O) groups excluding carboxylic acids is 3. The maximum atomic E-state index is 13.6. The largest absolute Gasteiger partial charge is 0.354 e. The number of rotatable bonds is 7. The molecule has 1 aromatic carbocycles. The molecule has 2 heterocycles. The molecule has 2 fully saturated rings. The number of hydrogen-bond donors (Lipinski definition) is 2. The molecule has 0 aromatic heterocycles. The van der Waals surface area contributed by atoms with Gasteiger partial charge in [0, 0.05) is 31.9 Å². The fraction of sp³-hybridized carbons (Fsp3) is 0.609. The first-order valence-electron chi connectivity index (χ1n) is 11.3. The molecule has 3 rings (SSSR count). The Labute approximate surface area is 184 Å². The van der Waals surface area contributed by atoms with Gasteiger partial charge in [-0.25, -0.2) is 4.79 Å². The molecule has 2 N–H and O–H groups in total. The molecule has 1 aromatic rings. The van der Waals surface area contributed by atoms with Crippen LogP contribution in [0.2, 0.25) is 0 Å². The highest BCUT2D eigenvalue weighted by molar-refractivity contribution is 5.96. The smallest absolute Gasteiger partial charge is 0.317 e. The van der Waals surface area contributed by atoms with Crippen molar-refractivity contribution in [3.63, 3.8) is 0 Å². The number of nitrogens with one attached hydrogen (secondary N) is 2. The van der Waals surface area contributed by atoms with Crippen molar-refractivity contribution in [2.24, 2.45) is 5.92 Å². The summed E-state index contributed by atoms with van der Waals surface area (Å²) in [5.41, 5.74) is 0.242. The van der Waals surface area contributed by atoms with Crippen molar-refractivity contribution >= 4 is 23.5 Å². The van der Waals surface area contributed by atoms with Gasteiger partial charge in [0.2, 0.25) is 5.91 Å². The van der Waals surface area contributed by atoms with Crippen molar-refractivity contribution in [3.05, 3.63) is 30.3 Å². The summed E-state index contributed by atoms with van der Waals surface area (Å²) in [6.45, 7) is 8.73. The Kier molecular flexibility index (Phi) is 7.41. The van der Waals surface area contributed by atoms with Crippen molar-refractivity contribution in [2.75, 3.05) is 44.3 Å². The zero-order chi connectivity index (χ0) is 22.4. The van der Waals surface area contributed by atoms with Gasteiger partial charge >= 0.3 is 6.03 Å². The predicted octanol–water partition coefficient (Wildman–Crippen LogP) is 2.02. The van der Waals surface area contributed by atoms with E-state index in [9.17, 15) is 14.4 Å². The van der Waals surface area contributed by atoms with E-state index < -0.39 is 5.54 Å². The SMILES string of the molecule is CCNC(=O)N1CCC2(CC1)C(=O)N(CC(=O)NCC(C)CC)CN2c1ccccc1. The van der Waals surface area contributed by atoms with Gasteiger partial charge in [-0.1, -0.05) is 38.5 Å². The summed E-state index contributed by atoms with van der Waals surface area (Å²) < 4.78 is 0. The zero-order valence-electron chi connectivity index (χ0n) is 18.9. The van der Waals surface area contributed by atoms with Crippen LogP contribution in [0.4, 0.5) is 10.5 Å². The maximum Gasteiger partial charge on any atom is 0.317 e. The molecule has 4 amide bonds. The number of hydrogen-bond acceptors (Lipinski definition) is 4. The minimum Gasteiger partial charge on any atom is -0.354 e. The molecule has 8 heteroatoms. The topological polar surface area (TPSA) is 85.0 Å². The highest BCUT2D eigenvalue weighted by Crippen LogP contribution is 2.39. The Morgan fingerprint density at radius 2 is 1.77 bits per heavy atom.